The summed E-state index contributed by atoms with van der Waals surface area (Å²) in [7, 11) is 0. The lowest BCUT2D eigenvalue weighted by Gasteiger charge is -2.38. The van der Waals surface area contributed by atoms with Crippen molar-refractivity contribution in [2.45, 2.75) is 5.66 Å². The van der Waals surface area contributed by atoms with E-state index in [1.165, 1.54) is 0 Å². The number of rotatable bonds is 5. The normalized spacial score (nSPS) is 17.0. The summed E-state index contributed by atoms with van der Waals surface area (Å²) in [5, 5.41) is 14.2. The first-order valence-corrected chi connectivity index (χ1v) is 14.0. The summed E-state index contributed by atoms with van der Waals surface area (Å²) in [6.07, 6.45) is 7.26. The molecule has 9 rings (SSSR count). The standard InChI is InChI=1S/C33H24N10/c1-3-10-22-20(8-1)18-28(39-22)43-31(29-21-9-2-4-11-23(21)41-42-29)30(26-19-25-24(38-26)12-5-14-34-25)40-33(43,27-13-6-15-35-27)32-36-16-7-17-37-32/h1-19,35,38-40H,(H,41,42). The lowest BCUT2D eigenvalue weighted by Crippen LogP contribution is -2.52. The number of nitrogens with zero attached hydrogens (tertiary/aromatic N) is 5. The van der Waals surface area contributed by atoms with Crippen LogP contribution >= 0.6 is 0 Å². The molecular weight excluding hydrogens is 536 g/mol. The summed E-state index contributed by atoms with van der Waals surface area (Å²) in [4.78, 5) is 27.3. The van der Waals surface area contributed by atoms with Crippen molar-refractivity contribution in [1.29, 1.82) is 0 Å². The SMILES string of the molecule is c1cnc(C2(c3ccc[nH]3)NC(c3cc4ncccc4[nH]3)=C(c3n[nH]c4ccccc34)N2c2cc3ccccc3[nH]2)nc1. The maximum absolute atomic E-state index is 4.92. The van der Waals surface area contributed by atoms with Crippen LogP contribution in [0, 0.1) is 0 Å². The van der Waals surface area contributed by atoms with Crippen LogP contribution in [0.2, 0.25) is 0 Å². The van der Waals surface area contributed by atoms with Gasteiger partial charge in [0.1, 0.15) is 11.5 Å². The number of benzene rings is 2. The zero-order valence-electron chi connectivity index (χ0n) is 22.7. The molecule has 2 aromatic carbocycles. The molecule has 6 aromatic heterocycles. The molecule has 0 saturated carbocycles. The Bertz CT molecular complexity index is 2220. The molecule has 1 atom stereocenters. The molecular formula is C33H24N10. The van der Waals surface area contributed by atoms with Crippen molar-refractivity contribution < 1.29 is 0 Å². The Kier molecular flexibility index (Phi) is 4.88. The topological polar surface area (TPSA) is 130 Å². The van der Waals surface area contributed by atoms with E-state index in [1.807, 2.05) is 60.8 Å². The summed E-state index contributed by atoms with van der Waals surface area (Å²) >= 11 is 0. The minimum absolute atomic E-state index is 0.567. The Morgan fingerprint density at radius 2 is 1.51 bits per heavy atom. The van der Waals surface area contributed by atoms with Gasteiger partial charge in [0.05, 0.1) is 39.3 Å². The van der Waals surface area contributed by atoms with Gasteiger partial charge in [0.25, 0.3) is 0 Å². The van der Waals surface area contributed by atoms with Crippen LogP contribution in [0.25, 0.3) is 44.2 Å². The minimum atomic E-state index is -1.08. The first-order chi connectivity index (χ1) is 21.3. The van der Waals surface area contributed by atoms with E-state index in [9.17, 15) is 0 Å². The monoisotopic (exact) mass is 560 g/mol. The molecule has 1 aliphatic rings. The molecule has 0 fully saturated rings. The van der Waals surface area contributed by atoms with Crippen molar-refractivity contribution in [2.24, 2.45) is 0 Å². The van der Waals surface area contributed by atoms with Gasteiger partial charge in [0.2, 0.25) is 5.66 Å². The van der Waals surface area contributed by atoms with Gasteiger partial charge in [-0.1, -0.05) is 36.4 Å². The average molecular weight is 561 g/mol. The van der Waals surface area contributed by atoms with Gasteiger partial charge in [-0.25, -0.2) is 9.97 Å². The highest BCUT2D eigenvalue weighted by Gasteiger charge is 2.54. The number of hydrogen-bond acceptors (Lipinski definition) is 6. The molecule has 43 heavy (non-hydrogen) atoms. The van der Waals surface area contributed by atoms with E-state index in [0.717, 1.165) is 67.1 Å². The summed E-state index contributed by atoms with van der Waals surface area (Å²) in [5.74, 6) is 1.42. The third-order valence-electron chi connectivity index (χ3n) is 8.09. The number of H-pyrrole nitrogens is 4. The molecule has 0 aliphatic carbocycles. The zero-order chi connectivity index (χ0) is 28.4. The second kappa shape index (κ2) is 8.92. The first kappa shape index (κ1) is 23.5. The van der Waals surface area contributed by atoms with Crippen LogP contribution in [0.5, 0.6) is 0 Å². The zero-order valence-corrected chi connectivity index (χ0v) is 22.7. The molecule has 1 unspecified atom stereocenters. The summed E-state index contributed by atoms with van der Waals surface area (Å²) < 4.78 is 0. The number of nitrogens with one attached hydrogen (secondary N) is 5. The van der Waals surface area contributed by atoms with Gasteiger partial charge < -0.3 is 20.3 Å². The third-order valence-corrected chi connectivity index (χ3v) is 8.09. The van der Waals surface area contributed by atoms with Crippen LogP contribution in [-0.4, -0.2) is 40.1 Å². The van der Waals surface area contributed by atoms with Gasteiger partial charge in [-0.2, -0.15) is 5.10 Å². The van der Waals surface area contributed by atoms with Gasteiger partial charge >= 0.3 is 0 Å². The Balaban J connectivity index is 1.43. The van der Waals surface area contributed by atoms with Crippen LogP contribution in [0.15, 0.2) is 116 Å². The van der Waals surface area contributed by atoms with Crippen molar-refractivity contribution in [3.63, 3.8) is 0 Å². The van der Waals surface area contributed by atoms with E-state index >= 15 is 0 Å². The smallest absolute Gasteiger partial charge is 0.219 e. The van der Waals surface area contributed by atoms with Crippen molar-refractivity contribution in [2.75, 3.05) is 4.90 Å². The molecule has 7 heterocycles. The molecule has 206 valence electrons. The van der Waals surface area contributed by atoms with E-state index in [-0.39, 0.29) is 0 Å². The van der Waals surface area contributed by atoms with Crippen molar-refractivity contribution in [3.05, 3.63) is 139 Å². The number of hydrogen-bond donors (Lipinski definition) is 5. The second-order valence-corrected chi connectivity index (χ2v) is 10.5. The summed E-state index contributed by atoms with van der Waals surface area (Å²) in [6.45, 7) is 0. The molecule has 10 heteroatoms. The molecule has 0 bridgehead atoms. The number of anilines is 1. The lowest BCUT2D eigenvalue weighted by atomic mass is 10.0. The van der Waals surface area contributed by atoms with Crippen molar-refractivity contribution in [3.8, 4) is 0 Å². The number of pyridine rings is 1. The van der Waals surface area contributed by atoms with Crippen LogP contribution < -0.4 is 10.2 Å². The quantitative estimate of drug-likeness (QED) is 0.179. The summed E-state index contributed by atoms with van der Waals surface area (Å²) in [5.41, 5.74) is 6.85. The number of fused-ring (bicyclic) bond motifs is 3. The van der Waals surface area contributed by atoms with Gasteiger partial charge in [-0.05, 0) is 54.6 Å². The fraction of sp³-hybridized carbons (Fsp3) is 0.0303. The average Bonchev–Trinajstić information content (AvgIpc) is 3.88. The molecule has 0 amide bonds. The van der Waals surface area contributed by atoms with E-state index in [1.54, 1.807) is 18.6 Å². The number of para-hydroxylation sites is 2. The van der Waals surface area contributed by atoms with Crippen molar-refractivity contribution in [1.82, 2.24) is 45.4 Å². The predicted molar refractivity (Wildman–Crippen MR) is 167 cm³/mol. The highest BCUT2D eigenvalue weighted by atomic mass is 15.4. The van der Waals surface area contributed by atoms with Gasteiger partial charge in [-0.15, -0.1) is 0 Å². The van der Waals surface area contributed by atoms with E-state index in [0.29, 0.717) is 5.82 Å². The van der Waals surface area contributed by atoms with Gasteiger partial charge in [-0.3, -0.25) is 15.0 Å². The summed E-state index contributed by atoms with van der Waals surface area (Å²) in [6, 6.07) is 30.5. The van der Waals surface area contributed by atoms with E-state index in [2.05, 4.69) is 71.6 Å². The van der Waals surface area contributed by atoms with Crippen LogP contribution in [0.1, 0.15) is 22.9 Å². The lowest BCUT2D eigenvalue weighted by molar-refractivity contribution is 0.455. The Hall–Kier alpha value is -6.16. The van der Waals surface area contributed by atoms with Crippen molar-refractivity contribution >= 4 is 50.1 Å². The predicted octanol–water partition coefficient (Wildman–Crippen LogP) is 5.88. The van der Waals surface area contributed by atoms with E-state index in [4.69, 9.17) is 15.1 Å². The molecule has 0 saturated heterocycles. The van der Waals surface area contributed by atoms with E-state index < -0.39 is 5.66 Å². The highest BCUT2D eigenvalue weighted by Crippen LogP contribution is 2.50. The number of aromatic nitrogens is 8. The second-order valence-electron chi connectivity index (χ2n) is 10.5. The maximum atomic E-state index is 4.92. The Labute approximate surface area is 244 Å². The number of aromatic amines is 4. The Morgan fingerprint density at radius 1 is 0.698 bits per heavy atom. The van der Waals surface area contributed by atoms with Crippen LogP contribution in [0.3, 0.4) is 0 Å². The molecule has 1 aliphatic heterocycles. The van der Waals surface area contributed by atoms with Gasteiger partial charge in [0.15, 0.2) is 5.82 Å². The molecule has 0 radical (unpaired) electrons. The maximum Gasteiger partial charge on any atom is 0.219 e. The van der Waals surface area contributed by atoms with Crippen LogP contribution in [0.4, 0.5) is 5.82 Å². The highest BCUT2D eigenvalue weighted by molar-refractivity contribution is 6.07. The molecule has 8 aromatic rings. The van der Waals surface area contributed by atoms with Gasteiger partial charge in [0, 0.05) is 41.1 Å². The third kappa shape index (κ3) is 3.40. The molecule has 10 nitrogen and oxygen atoms in total. The molecule has 0 spiro atoms. The van der Waals surface area contributed by atoms with Crippen LogP contribution in [-0.2, 0) is 5.66 Å². The fourth-order valence-electron chi connectivity index (χ4n) is 6.21. The first-order valence-electron chi connectivity index (χ1n) is 14.0. The largest absolute Gasteiger partial charge is 0.361 e. The minimum Gasteiger partial charge on any atom is -0.361 e. The molecule has 5 N–H and O–H groups in total. The Morgan fingerprint density at radius 3 is 2.35 bits per heavy atom. The fourth-order valence-corrected chi connectivity index (χ4v) is 6.21.